The van der Waals surface area contributed by atoms with E-state index in [4.69, 9.17) is 9.47 Å². The van der Waals surface area contributed by atoms with Gasteiger partial charge in [0.25, 0.3) is 0 Å². The molecule has 1 unspecified atom stereocenters. The number of fused-ring (bicyclic) bond motifs is 1. The lowest BCUT2D eigenvalue weighted by molar-refractivity contribution is 0.166. The van der Waals surface area contributed by atoms with Gasteiger partial charge in [-0.05, 0) is 55.0 Å². The minimum Gasteiger partial charge on any atom is -0.493 e. The van der Waals surface area contributed by atoms with E-state index >= 15 is 0 Å². The van der Waals surface area contributed by atoms with E-state index in [1.807, 2.05) is 7.05 Å². The molecule has 0 aliphatic carbocycles. The first-order valence-corrected chi connectivity index (χ1v) is 11.7. The Hall–Kier alpha value is -2.73. The van der Waals surface area contributed by atoms with Crippen molar-refractivity contribution in [2.75, 3.05) is 45.4 Å². The van der Waals surface area contributed by atoms with Crippen LogP contribution in [0.1, 0.15) is 35.1 Å². The molecule has 0 radical (unpaired) electrons. The molecule has 172 valence electrons. The number of nitrogens with zero attached hydrogens (tertiary/aromatic N) is 2. The first-order chi connectivity index (χ1) is 15.6. The highest BCUT2D eigenvalue weighted by atomic mass is 16.5. The average Bonchev–Trinajstić information content (AvgIpc) is 3.32. The van der Waals surface area contributed by atoms with Crippen molar-refractivity contribution in [3.63, 3.8) is 0 Å². The van der Waals surface area contributed by atoms with E-state index in [1.165, 1.54) is 28.8 Å². The zero-order valence-corrected chi connectivity index (χ0v) is 19.6. The van der Waals surface area contributed by atoms with Crippen LogP contribution < -0.4 is 20.3 Å². The van der Waals surface area contributed by atoms with Crippen LogP contribution in [-0.4, -0.2) is 46.4 Å². The van der Waals surface area contributed by atoms with Gasteiger partial charge in [0.1, 0.15) is 5.75 Å². The number of hydrogen-bond donors (Lipinski definition) is 2. The Kier molecular flexibility index (Phi) is 7.53. The molecule has 2 aliphatic heterocycles. The van der Waals surface area contributed by atoms with Crippen molar-refractivity contribution >= 4 is 11.6 Å². The number of guanidine groups is 1. The third-order valence-corrected chi connectivity index (χ3v) is 6.35. The number of aryl methyl sites for hydroxylation is 2. The molecule has 2 N–H and O–H groups in total. The fraction of sp³-hybridized carbons (Fsp3) is 0.500. The molecule has 6 nitrogen and oxygen atoms in total. The molecule has 0 amide bonds. The van der Waals surface area contributed by atoms with Crippen molar-refractivity contribution in [1.29, 1.82) is 0 Å². The van der Waals surface area contributed by atoms with Crippen LogP contribution in [0.2, 0.25) is 0 Å². The minimum absolute atomic E-state index is 0.488. The van der Waals surface area contributed by atoms with Crippen molar-refractivity contribution in [1.82, 2.24) is 10.6 Å². The zero-order valence-electron chi connectivity index (χ0n) is 19.6. The zero-order chi connectivity index (χ0) is 22.3. The molecule has 2 aromatic carbocycles. The van der Waals surface area contributed by atoms with Gasteiger partial charge in [-0.2, -0.15) is 0 Å². The number of hydrogen-bond acceptors (Lipinski definition) is 4. The molecule has 2 aliphatic rings. The van der Waals surface area contributed by atoms with Crippen molar-refractivity contribution in [3.8, 4) is 5.75 Å². The Labute approximate surface area is 192 Å². The molecule has 1 saturated heterocycles. The normalized spacial score (nSPS) is 18.4. The van der Waals surface area contributed by atoms with Gasteiger partial charge < -0.3 is 25.0 Å². The highest BCUT2D eigenvalue weighted by Crippen LogP contribution is 2.27. The Balaban J connectivity index is 1.32. The first-order valence-electron chi connectivity index (χ1n) is 11.7. The lowest BCUT2D eigenvalue weighted by Crippen LogP contribution is -2.36. The number of aliphatic imine (C=N–C) groups is 1. The summed E-state index contributed by atoms with van der Waals surface area (Å²) < 4.78 is 11.6. The average molecular weight is 437 g/mol. The summed E-state index contributed by atoms with van der Waals surface area (Å²) in [6.07, 6.45) is 3.46. The van der Waals surface area contributed by atoms with Gasteiger partial charge in [-0.15, -0.1) is 0 Å². The molecular formula is C26H36N4O2. The number of benzene rings is 2. The predicted octanol–water partition coefficient (Wildman–Crippen LogP) is 3.66. The number of anilines is 1. The van der Waals surface area contributed by atoms with Gasteiger partial charge in [0.15, 0.2) is 5.96 Å². The first kappa shape index (κ1) is 22.5. The maximum Gasteiger partial charge on any atom is 0.191 e. The summed E-state index contributed by atoms with van der Waals surface area (Å²) in [4.78, 5) is 6.75. The molecule has 2 heterocycles. The lowest BCUT2D eigenvalue weighted by Gasteiger charge is -2.28. The number of ether oxygens (including phenoxy) is 2. The smallest absolute Gasteiger partial charge is 0.191 e. The fourth-order valence-electron chi connectivity index (χ4n) is 4.40. The molecule has 0 spiro atoms. The number of nitrogens with one attached hydrogen (secondary N) is 2. The van der Waals surface area contributed by atoms with Crippen LogP contribution in [0.3, 0.4) is 0 Å². The number of rotatable bonds is 7. The molecule has 1 fully saturated rings. The van der Waals surface area contributed by atoms with E-state index in [0.717, 1.165) is 56.4 Å². The van der Waals surface area contributed by atoms with E-state index in [1.54, 1.807) is 0 Å². The van der Waals surface area contributed by atoms with Crippen LogP contribution >= 0.6 is 0 Å². The minimum atomic E-state index is 0.488. The second-order valence-corrected chi connectivity index (χ2v) is 8.92. The Morgan fingerprint density at radius 2 is 2.06 bits per heavy atom. The van der Waals surface area contributed by atoms with Crippen LogP contribution in [0.4, 0.5) is 5.69 Å². The fourth-order valence-corrected chi connectivity index (χ4v) is 4.40. The second-order valence-electron chi connectivity index (χ2n) is 8.92. The largest absolute Gasteiger partial charge is 0.493 e. The summed E-state index contributed by atoms with van der Waals surface area (Å²) >= 11 is 0. The maximum atomic E-state index is 6.17. The predicted molar refractivity (Wildman–Crippen MR) is 131 cm³/mol. The summed E-state index contributed by atoms with van der Waals surface area (Å²) in [5.41, 5.74) is 6.41. The van der Waals surface area contributed by atoms with E-state index in [0.29, 0.717) is 19.1 Å². The van der Waals surface area contributed by atoms with Crippen molar-refractivity contribution in [3.05, 3.63) is 58.7 Å². The summed E-state index contributed by atoms with van der Waals surface area (Å²) in [6.45, 7) is 6.99. The highest BCUT2D eigenvalue weighted by molar-refractivity contribution is 5.79. The molecule has 0 bridgehead atoms. The monoisotopic (exact) mass is 436 g/mol. The van der Waals surface area contributed by atoms with Crippen molar-refractivity contribution in [2.45, 2.75) is 39.3 Å². The molecule has 0 saturated carbocycles. The highest BCUT2D eigenvalue weighted by Gasteiger charge is 2.17. The Morgan fingerprint density at radius 1 is 1.19 bits per heavy atom. The van der Waals surface area contributed by atoms with Crippen molar-refractivity contribution < 1.29 is 9.47 Å². The SMILES string of the molecule is CN=C(NCc1ccc2c(c1)CCCN2C)NCc1ccc(C)cc1OCC1CCOC1. The molecule has 1 atom stereocenters. The Morgan fingerprint density at radius 3 is 2.88 bits per heavy atom. The van der Waals surface area contributed by atoms with Crippen LogP contribution in [0.15, 0.2) is 41.4 Å². The van der Waals surface area contributed by atoms with Gasteiger partial charge in [-0.1, -0.05) is 24.3 Å². The van der Waals surface area contributed by atoms with Gasteiger partial charge in [0, 0.05) is 57.5 Å². The Bertz CT molecular complexity index is 937. The molecule has 6 heteroatoms. The summed E-state index contributed by atoms with van der Waals surface area (Å²) in [7, 11) is 3.98. The van der Waals surface area contributed by atoms with Crippen molar-refractivity contribution in [2.24, 2.45) is 10.9 Å². The van der Waals surface area contributed by atoms with E-state index in [-0.39, 0.29) is 0 Å². The standard InChI is InChI=1S/C26H36N4O2/c1-19-6-8-23(25(13-19)32-18-21-10-12-31-17-21)16-29-26(27-2)28-15-20-7-9-24-22(14-20)5-4-11-30(24)3/h6-9,13-14,21H,4-5,10-12,15-18H2,1-3H3,(H2,27,28,29). The second kappa shape index (κ2) is 10.7. The van der Waals surface area contributed by atoms with Gasteiger partial charge >= 0.3 is 0 Å². The molecule has 32 heavy (non-hydrogen) atoms. The third-order valence-electron chi connectivity index (χ3n) is 6.35. The molecular weight excluding hydrogens is 400 g/mol. The van der Waals surface area contributed by atoms with Crippen LogP contribution in [0.25, 0.3) is 0 Å². The van der Waals surface area contributed by atoms with Gasteiger partial charge in [0.2, 0.25) is 0 Å². The van der Waals surface area contributed by atoms with E-state index < -0.39 is 0 Å². The summed E-state index contributed by atoms with van der Waals surface area (Å²) in [5.74, 6) is 2.22. The van der Waals surface area contributed by atoms with Gasteiger partial charge in [-0.3, -0.25) is 4.99 Å². The van der Waals surface area contributed by atoms with Gasteiger partial charge in [0.05, 0.1) is 13.2 Å². The topological polar surface area (TPSA) is 58.1 Å². The van der Waals surface area contributed by atoms with Crippen LogP contribution in [0, 0.1) is 12.8 Å². The van der Waals surface area contributed by atoms with E-state index in [9.17, 15) is 0 Å². The summed E-state index contributed by atoms with van der Waals surface area (Å²) in [5, 5.41) is 6.89. The molecule has 0 aromatic heterocycles. The van der Waals surface area contributed by atoms with Crippen LogP contribution in [0.5, 0.6) is 5.75 Å². The molecule has 2 aromatic rings. The van der Waals surface area contributed by atoms with Gasteiger partial charge in [-0.25, -0.2) is 0 Å². The summed E-state index contributed by atoms with van der Waals surface area (Å²) in [6, 6.07) is 13.2. The quantitative estimate of drug-likeness (QED) is 0.513. The maximum absolute atomic E-state index is 6.17. The third kappa shape index (κ3) is 5.74. The van der Waals surface area contributed by atoms with Crippen LogP contribution in [-0.2, 0) is 24.2 Å². The van der Waals surface area contributed by atoms with E-state index in [2.05, 4.69) is 70.9 Å². The molecule has 4 rings (SSSR count). The lowest BCUT2D eigenvalue weighted by atomic mass is 9.99.